The minimum absolute atomic E-state index is 0.0677. The van der Waals surface area contributed by atoms with Gasteiger partial charge < -0.3 is 5.32 Å². The molecule has 0 spiro atoms. The number of aryl methyl sites for hydroxylation is 1. The van der Waals surface area contributed by atoms with Gasteiger partial charge in [-0.1, -0.05) is 12.1 Å². The fourth-order valence-corrected chi connectivity index (χ4v) is 4.11. The van der Waals surface area contributed by atoms with Crippen LogP contribution in [0, 0.1) is 12.7 Å². The third-order valence-electron chi connectivity index (χ3n) is 3.76. The van der Waals surface area contributed by atoms with E-state index in [2.05, 4.69) is 10.3 Å². The second kappa shape index (κ2) is 8.46. The Balaban J connectivity index is 1.43. The summed E-state index contributed by atoms with van der Waals surface area (Å²) in [6.07, 6.45) is 0.656. The molecular formula is C18H18FN3O2S2. The lowest BCUT2D eigenvalue weighted by molar-refractivity contribution is -0.118. The summed E-state index contributed by atoms with van der Waals surface area (Å²) < 4.78 is 14.4. The topological polar surface area (TPSA) is 63.5 Å². The van der Waals surface area contributed by atoms with Crippen LogP contribution in [-0.4, -0.2) is 27.6 Å². The van der Waals surface area contributed by atoms with E-state index in [-0.39, 0.29) is 17.3 Å². The van der Waals surface area contributed by atoms with E-state index in [4.69, 9.17) is 0 Å². The average molecular weight is 391 g/mol. The molecule has 0 atom stereocenters. The largest absolute Gasteiger partial charge is 0.355 e. The van der Waals surface area contributed by atoms with Gasteiger partial charge in [0.1, 0.15) is 5.82 Å². The number of hydrogen-bond acceptors (Lipinski definition) is 5. The van der Waals surface area contributed by atoms with Crippen molar-refractivity contribution in [2.24, 2.45) is 0 Å². The number of benzene rings is 1. The number of rotatable bonds is 7. The molecule has 0 saturated heterocycles. The minimum Gasteiger partial charge on any atom is -0.355 e. The molecule has 1 aromatic carbocycles. The van der Waals surface area contributed by atoms with Gasteiger partial charge in [-0.15, -0.1) is 23.1 Å². The van der Waals surface area contributed by atoms with Crippen molar-refractivity contribution in [3.63, 3.8) is 0 Å². The van der Waals surface area contributed by atoms with Crippen molar-refractivity contribution >= 4 is 34.0 Å². The first-order valence-electron chi connectivity index (χ1n) is 8.08. The van der Waals surface area contributed by atoms with Gasteiger partial charge in [-0.2, -0.15) is 0 Å². The van der Waals surface area contributed by atoms with Crippen molar-refractivity contribution in [3.8, 4) is 0 Å². The van der Waals surface area contributed by atoms with Gasteiger partial charge in [-0.05, 0) is 31.0 Å². The van der Waals surface area contributed by atoms with Crippen molar-refractivity contribution < 1.29 is 9.18 Å². The molecule has 0 aliphatic heterocycles. The molecular weight excluding hydrogens is 373 g/mol. The van der Waals surface area contributed by atoms with Crippen LogP contribution in [0.5, 0.6) is 0 Å². The molecule has 0 bridgehead atoms. The highest BCUT2D eigenvalue weighted by Gasteiger charge is 2.08. The number of fused-ring (bicyclic) bond motifs is 1. The van der Waals surface area contributed by atoms with Gasteiger partial charge in [0.15, 0.2) is 4.96 Å². The number of aromatic nitrogens is 2. The third kappa shape index (κ3) is 4.70. The average Bonchev–Trinajstić information content (AvgIpc) is 2.98. The van der Waals surface area contributed by atoms with Crippen molar-refractivity contribution in [1.82, 2.24) is 14.7 Å². The molecule has 3 aromatic rings. The summed E-state index contributed by atoms with van der Waals surface area (Å²) in [5, 5.41) is 4.74. The van der Waals surface area contributed by atoms with Crippen LogP contribution in [0.3, 0.4) is 0 Å². The zero-order chi connectivity index (χ0) is 18.5. The van der Waals surface area contributed by atoms with Gasteiger partial charge in [0.05, 0.1) is 11.4 Å². The van der Waals surface area contributed by atoms with Gasteiger partial charge >= 0.3 is 0 Å². The first-order valence-corrected chi connectivity index (χ1v) is 10.1. The Morgan fingerprint density at radius 3 is 2.88 bits per heavy atom. The Bertz CT molecular complexity index is 967. The van der Waals surface area contributed by atoms with Crippen molar-refractivity contribution in [2.45, 2.75) is 19.1 Å². The molecule has 0 radical (unpaired) electrons. The lowest BCUT2D eigenvalue weighted by atomic mass is 10.1. The number of amides is 1. The summed E-state index contributed by atoms with van der Waals surface area (Å²) in [6.45, 7) is 2.38. The molecule has 0 aliphatic carbocycles. The summed E-state index contributed by atoms with van der Waals surface area (Å²) in [5.41, 5.74) is 2.44. The highest BCUT2D eigenvalue weighted by molar-refractivity contribution is 7.99. The number of nitrogens with zero attached hydrogens (tertiary/aromatic N) is 2. The highest BCUT2D eigenvalue weighted by Crippen LogP contribution is 2.14. The molecule has 136 valence electrons. The van der Waals surface area contributed by atoms with E-state index >= 15 is 0 Å². The molecule has 2 heterocycles. The normalized spacial score (nSPS) is 11.0. The smallest absolute Gasteiger partial charge is 0.258 e. The van der Waals surface area contributed by atoms with Crippen LogP contribution in [0.2, 0.25) is 0 Å². The summed E-state index contributed by atoms with van der Waals surface area (Å²) in [4.78, 5) is 29.1. The second-order valence-electron chi connectivity index (χ2n) is 5.80. The van der Waals surface area contributed by atoms with Crippen LogP contribution in [-0.2, 0) is 17.0 Å². The first-order chi connectivity index (χ1) is 12.5. The molecule has 0 unspecified atom stereocenters. The van der Waals surface area contributed by atoms with E-state index in [1.165, 1.54) is 41.3 Å². The summed E-state index contributed by atoms with van der Waals surface area (Å²) in [6, 6.07) is 7.76. The molecule has 1 amide bonds. The Kier molecular flexibility index (Phi) is 6.05. The zero-order valence-electron chi connectivity index (χ0n) is 14.2. The molecule has 0 fully saturated rings. The molecule has 0 aliphatic rings. The lowest BCUT2D eigenvalue weighted by Gasteiger charge is -2.06. The maximum Gasteiger partial charge on any atom is 0.258 e. The van der Waals surface area contributed by atoms with Crippen molar-refractivity contribution in [2.75, 3.05) is 12.3 Å². The zero-order valence-corrected chi connectivity index (χ0v) is 15.8. The quantitative estimate of drug-likeness (QED) is 0.673. The van der Waals surface area contributed by atoms with Crippen LogP contribution in [0.25, 0.3) is 4.96 Å². The first kappa shape index (κ1) is 18.6. The number of hydrogen-bond donors (Lipinski definition) is 1. The van der Waals surface area contributed by atoms with Crippen LogP contribution in [0.15, 0.2) is 40.5 Å². The third-order valence-corrected chi connectivity index (χ3v) is 5.67. The Hall–Kier alpha value is -2.19. The summed E-state index contributed by atoms with van der Waals surface area (Å²) in [7, 11) is 0. The van der Waals surface area contributed by atoms with E-state index in [1.807, 2.05) is 12.3 Å². The predicted molar refractivity (Wildman–Crippen MR) is 103 cm³/mol. The minimum atomic E-state index is -0.265. The molecule has 1 N–H and O–H groups in total. The van der Waals surface area contributed by atoms with Gasteiger partial charge in [0.25, 0.3) is 5.56 Å². The van der Waals surface area contributed by atoms with Crippen LogP contribution >= 0.6 is 23.1 Å². The molecule has 0 saturated carbocycles. The van der Waals surface area contributed by atoms with Gasteiger partial charge in [0, 0.05) is 29.4 Å². The van der Waals surface area contributed by atoms with Crippen molar-refractivity contribution in [1.29, 1.82) is 0 Å². The van der Waals surface area contributed by atoms with Gasteiger partial charge in [-0.25, -0.2) is 9.37 Å². The van der Waals surface area contributed by atoms with E-state index in [0.717, 1.165) is 11.3 Å². The number of carbonyl (C=O) groups is 1. The number of thioether (sulfide) groups is 1. The number of halogens is 1. The second-order valence-corrected chi connectivity index (χ2v) is 7.62. The Morgan fingerprint density at radius 1 is 1.35 bits per heavy atom. The van der Waals surface area contributed by atoms with Gasteiger partial charge in [0.2, 0.25) is 5.91 Å². The van der Waals surface area contributed by atoms with E-state index < -0.39 is 0 Å². The van der Waals surface area contributed by atoms with Crippen LogP contribution in [0.1, 0.15) is 17.0 Å². The lowest BCUT2D eigenvalue weighted by Crippen LogP contribution is -2.27. The molecule has 8 heteroatoms. The van der Waals surface area contributed by atoms with Crippen molar-refractivity contribution in [3.05, 3.63) is 68.8 Å². The Morgan fingerprint density at radius 2 is 2.12 bits per heavy atom. The monoisotopic (exact) mass is 391 g/mol. The van der Waals surface area contributed by atoms with Crippen LogP contribution < -0.4 is 10.9 Å². The van der Waals surface area contributed by atoms with E-state index in [1.54, 1.807) is 16.5 Å². The SMILES string of the molecule is Cc1csc2nc(CSCC(=O)NCCc3ccc(F)cc3)cc(=O)n12. The fourth-order valence-electron chi connectivity index (χ4n) is 2.47. The maximum absolute atomic E-state index is 12.8. The molecule has 3 rings (SSSR count). The number of nitrogens with one attached hydrogen (secondary N) is 1. The maximum atomic E-state index is 12.8. The predicted octanol–water partition coefficient (Wildman–Crippen LogP) is 2.80. The number of thiazole rings is 1. The van der Waals surface area contributed by atoms with E-state index in [0.29, 0.717) is 35.1 Å². The fraction of sp³-hybridized carbons (Fsp3) is 0.278. The summed E-state index contributed by atoms with van der Waals surface area (Å²) in [5.74, 6) is 0.474. The molecule has 2 aromatic heterocycles. The van der Waals surface area contributed by atoms with E-state index in [9.17, 15) is 14.0 Å². The summed E-state index contributed by atoms with van der Waals surface area (Å²) >= 11 is 2.85. The molecule has 5 nitrogen and oxygen atoms in total. The van der Waals surface area contributed by atoms with Gasteiger partial charge in [-0.3, -0.25) is 14.0 Å². The highest BCUT2D eigenvalue weighted by atomic mass is 32.2. The molecule has 26 heavy (non-hydrogen) atoms. The van der Waals surface area contributed by atoms with Crippen LogP contribution in [0.4, 0.5) is 4.39 Å². The number of carbonyl (C=O) groups excluding carboxylic acids is 1. The Labute approximate surface area is 158 Å². The standard InChI is InChI=1S/C18H18FN3O2S2/c1-12-9-26-18-21-15(8-17(24)22(12)18)10-25-11-16(23)20-7-6-13-2-4-14(19)5-3-13/h2-5,8-9H,6-7,10-11H2,1H3,(H,20,23).